The third-order valence-electron chi connectivity index (χ3n) is 3.15. The van der Waals surface area contributed by atoms with E-state index in [9.17, 15) is 4.39 Å². The summed E-state index contributed by atoms with van der Waals surface area (Å²) in [5.41, 5.74) is 7.54. The molecule has 0 fully saturated rings. The number of rotatable bonds is 4. The lowest BCUT2D eigenvalue weighted by Crippen LogP contribution is -2.38. The van der Waals surface area contributed by atoms with Crippen LogP contribution in [-0.2, 0) is 5.54 Å². The van der Waals surface area contributed by atoms with Crippen LogP contribution in [0, 0.1) is 5.82 Å². The maximum Gasteiger partial charge on any atom is 0.141 e. The Hall–Kier alpha value is -1.74. The second-order valence-corrected chi connectivity index (χ2v) is 4.48. The molecule has 1 aromatic carbocycles. The molecule has 1 unspecified atom stereocenters. The fourth-order valence-electron chi connectivity index (χ4n) is 2.24. The number of aromatic nitrogens is 1. The Bertz CT molecular complexity index is 513. The van der Waals surface area contributed by atoms with Gasteiger partial charge >= 0.3 is 0 Å². The molecule has 1 heterocycles. The molecular weight excluding hydrogens is 227 g/mol. The van der Waals surface area contributed by atoms with Gasteiger partial charge in [-0.3, -0.25) is 4.98 Å². The maximum absolute atomic E-state index is 13.3. The molecule has 94 valence electrons. The topological polar surface area (TPSA) is 38.9 Å². The van der Waals surface area contributed by atoms with Crippen molar-refractivity contribution in [1.29, 1.82) is 0 Å². The van der Waals surface area contributed by atoms with E-state index in [1.54, 1.807) is 6.20 Å². The van der Waals surface area contributed by atoms with E-state index < -0.39 is 5.54 Å². The molecule has 0 spiro atoms. The number of hydrogen-bond donors (Lipinski definition) is 1. The fourth-order valence-corrected chi connectivity index (χ4v) is 2.24. The molecule has 1 atom stereocenters. The van der Waals surface area contributed by atoms with E-state index in [0.717, 1.165) is 24.0 Å². The molecule has 3 heteroatoms. The van der Waals surface area contributed by atoms with E-state index >= 15 is 0 Å². The highest BCUT2D eigenvalue weighted by atomic mass is 19.1. The second kappa shape index (κ2) is 5.27. The summed E-state index contributed by atoms with van der Waals surface area (Å²) in [6, 6.07) is 11.2. The molecule has 0 saturated carbocycles. The Morgan fingerprint density at radius 1 is 1.17 bits per heavy atom. The van der Waals surface area contributed by atoms with E-state index in [1.165, 1.54) is 12.3 Å². The van der Waals surface area contributed by atoms with Gasteiger partial charge in [0.15, 0.2) is 0 Å². The quantitative estimate of drug-likeness (QED) is 0.896. The van der Waals surface area contributed by atoms with Crippen LogP contribution in [0.4, 0.5) is 4.39 Å². The molecule has 0 amide bonds. The first kappa shape index (κ1) is 12.7. The zero-order valence-corrected chi connectivity index (χ0v) is 10.4. The Labute approximate surface area is 107 Å². The summed E-state index contributed by atoms with van der Waals surface area (Å²) in [5.74, 6) is -0.352. The SMILES string of the molecule is CCCC(N)(c1ccccc1)c1cncc(F)c1. The maximum atomic E-state index is 13.3. The van der Waals surface area contributed by atoms with Crippen molar-refractivity contribution in [2.75, 3.05) is 0 Å². The number of halogens is 1. The summed E-state index contributed by atoms with van der Waals surface area (Å²) in [7, 11) is 0. The monoisotopic (exact) mass is 244 g/mol. The lowest BCUT2D eigenvalue weighted by atomic mass is 9.81. The van der Waals surface area contributed by atoms with Crippen LogP contribution in [0.3, 0.4) is 0 Å². The summed E-state index contributed by atoms with van der Waals surface area (Å²) in [4.78, 5) is 3.90. The van der Waals surface area contributed by atoms with Gasteiger partial charge in [0.05, 0.1) is 11.7 Å². The number of nitrogens with zero attached hydrogens (tertiary/aromatic N) is 1. The van der Waals surface area contributed by atoms with Gasteiger partial charge in [0.25, 0.3) is 0 Å². The van der Waals surface area contributed by atoms with Gasteiger partial charge in [-0.2, -0.15) is 0 Å². The molecule has 0 radical (unpaired) electrons. The van der Waals surface area contributed by atoms with Crippen LogP contribution in [0.25, 0.3) is 0 Å². The van der Waals surface area contributed by atoms with Crippen molar-refractivity contribution < 1.29 is 4.39 Å². The van der Waals surface area contributed by atoms with Crippen LogP contribution < -0.4 is 5.73 Å². The number of benzene rings is 1. The zero-order chi connectivity index (χ0) is 13.0. The number of nitrogens with two attached hydrogens (primary N) is 1. The summed E-state index contributed by atoms with van der Waals surface area (Å²) in [6.45, 7) is 2.07. The largest absolute Gasteiger partial charge is 0.318 e. The Kier molecular flexibility index (Phi) is 3.72. The van der Waals surface area contributed by atoms with Crippen LogP contribution in [-0.4, -0.2) is 4.98 Å². The second-order valence-electron chi connectivity index (χ2n) is 4.48. The van der Waals surface area contributed by atoms with Crippen molar-refractivity contribution in [2.45, 2.75) is 25.3 Å². The average molecular weight is 244 g/mol. The first-order chi connectivity index (χ1) is 8.66. The van der Waals surface area contributed by atoms with Crippen LogP contribution >= 0.6 is 0 Å². The Morgan fingerprint density at radius 3 is 2.50 bits per heavy atom. The molecule has 0 aliphatic rings. The van der Waals surface area contributed by atoms with Crippen molar-refractivity contribution in [1.82, 2.24) is 4.98 Å². The lowest BCUT2D eigenvalue weighted by Gasteiger charge is -2.30. The molecule has 1 aromatic heterocycles. The smallest absolute Gasteiger partial charge is 0.141 e. The van der Waals surface area contributed by atoms with Crippen molar-refractivity contribution in [2.24, 2.45) is 5.73 Å². The number of pyridine rings is 1. The predicted octanol–water partition coefficient (Wildman–Crippen LogP) is 3.22. The normalized spacial score (nSPS) is 14.2. The zero-order valence-electron chi connectivity index (χ0n) is 10.4. The van der Waals surface area contributed by atoms with Gasteiger partial charge in [-0.05, 0) is 23.6 Å². The van der Waals surface area contributed by atoms with Crippen LogP contribution in [0.15, 0.2) is 48.8 Å². The van der Waals surface area contributed by atoms with E-state index in [4.69, 9.17) is 5.73 Å². The molecular formula is C15H17FN2. The summed E-state index contributed by atoms with van der Waals surface area (Å²) in [5, 5.41) is 0. The molecule has 0 saturated heterocycles. The highest BCUT2D eigenvalue weighted by molar-refractivity contribution is 5.36. The van der Waals surface area contributed by atoms with Crippen LogP contribution in [0.2, 0.25) is 0 Å². The molecule has 18 heavy (non-hydrogen) atoms. The van der Waals surface area contributed by atoms with E-state index in [0.29, 0.717) is 0 Å². The van der Waals surface area contributed by atoms with Gasteiger partial charge in [-0.15, -0.1) is 0 Å². The van der Waals surface area contributed by atoms with Gasteiger partial charge in [0, 0.05) is 6.20 Å². The summed E-state index contributed by atoms with van der Waals surface area (Å²) < 4.78 is 13.3. The molecule has 2 aromatic rings. The van der Waals surface area contributed by atoms with E-state index in [1.807, 2.05) is 30.3 Å². The molecule has 0 aliphatic heterocycles. The standard InChI is InChI=1S/C15H17FN2/c1-2-8-15(17,12-6-4-3-5-7-12)13-9-14(16)11-18-10-13/h3-7,9-11H,2,8,17H2,1H3. The van der Waals surface area contributed by atoms with Crippen molar-refractivity contribution in [3.63, 3.8) is 0 Å². The average Bonchev–Trinajstić information content (AvgIpc) is 2.40. The fraction of sp³-hybridized carbons (Fsp3) is 0.267. The molecule has 2 N–H and O–H groups in total. The third kappa shape index (κ3) is 2.41. The molecule has 0 bridgehead atoms. The van der Waals surface area contributed by atoms with Crippen LogP contribution in [0.1, 0.15) is 30.9 Å². The van der Waals surface area contributed by atoms with Crippen molar-refractivity contribution >= 4 is 0 Å². The highest BCUT2D eigenvalue weighted by Crippen LogP contribution is 2.31. The first-order valence-corrected chi connectivity index (χ1v) is 6.12. The van der Waals surface area contributed by atoms with Gasteiger partial charge < -0.3 is 5.73 Å². The van der Waals surface area contributed by atoms with Crippen molar-refractivity contribution in [3.8, 4) is 0 Å². The summed E-state index contributed by atoms with van der Waals surface area (Å²) in [6.07, 6.45) is 4.51. The molecule has 0 aliphatic carbocycles. The van der Waals surface area contributed by atoms with E-state index in [2.05, 4.69) is 11.9 Å². The van der Waals surface area contributed by atoms with E-state index in [-0.39, 0.29) is 5.82 Å². The van der Waals surface area contributed by atoms with Crippen molar-refractivity contribution in [3.05, 3.63) is 65.7 Å². The lowest BCUT2D eigenvalue weighted by molar-refractivity contribution is 0.478. The van der Waals surface area contributed by atoms with Gasteiger partial charge in [-0.1, -0.05) is 43.7 Å². The predicted molar refractivity (Wildman–Crippen MR) is 70.5 cm³/mol. The Balaban J connectivity index is 2.50. The minimum atomic E-state index is -0.675. The van der Waals surface area contributed by atoms with Gasteiger partial charge in [0.1, 0.15) is 5.82 Å². The minimum Gasteiger partial charge on any atom is -0.318 e. The molecule has 2 nitrogen and oxygen atoms in total. The summed E-state index contributed by atoms with van der Waals surface area (Å²) >= 11 is 0. The number of hydrogen-bond acceptors (Lipinski definition) is 2. The Morgan fingerprint density at radius 2 is 1.89 bits per heavy atom. The van der Waals surface area contributed by atoms with Crippen LogP contribution in [0.5, 0.6) is 0 Å². The minimum absolute atomic E-state index is 0.352. The highest BCUT2D eigenvalue weighted by Gasteiger charge is 2.29. The third-order valence-corrected chi connectivity index (χ3v) is 3.15. The van der Waals surface area contributed by atoms with Gasteiger partial charge in [0.2, 0.25) is 0 Å². The van der Waals surface area contributed by atoms with Gasteiger partial charge in [-0.25, -0.2) is 4.39 Å². The molecule has 2 rings (SSSR count). The first-order valence-electron chi connectivity index (χ1n) is 6.12.